The molecule has 0 aliphatic rings. The monoisotopic (exact) mass is 502 g/mol. The molecule has 0 radical (unpaired) electrons. The zero-order valence-corrected chi connectivity index (χ0v) is 19.9. The normalized spacial score (nSPS) is 11.1. The number of benzene rings is 3. The fraction of sp³-hybridized carbons (Fsp3) is 0.310. The van der Waals surface area contributed by atoms with Gasteiger partial charge in [-0.25, -0.2) is 8.78 Å². The molecule has 0 saturated heterocycles. The van der Waals surface area contributed by atoms with Crippen LogP contribution in [-0.4, -0.2) is 13.0 Å². The maximum absolute atomic E-state index is 14.6. The molecular weight excluding hydrogens is 475 g/mol. The third-order valence-electron chi connectivity index (χ3n) is 5.42. The summed E-state index contributed by atoms with van der Waals surface area (Å²) in [6.07, 6.45) is 2.23. The predicted octanol–water partition coefficient (Wildman–Crippen LogP) is 8.67. The topological polar surface area (TPSA) is 18.5 Å². The van der Waals surface area contributed by atoms with E-state index in [9.17, 15) is 22.0 Å². The molecule has 190 valence electrons. The quantitative estimate of drug-likeness (QED) is 0.157. The molecule has 3 aromatic rings. The molecule has 2 nitrogen and oxygen atoms in total. The van der Waals surface area contributed by atoms with E-state index in [1.807, 2.05) is 0 Å². The average molecular weight is 503 g/mol. The SMILES string of the molecule is CCCCCCCCOc1ccc(-c2cc(F)c(C#Cc3ccc(OC(F)(F)F)cc3)c(F)c2)cc1. The first-order chi connectivity index (χ1) is 17.2. The predicted molar refractivity (Wildman–Crippen MR) is 130 cm³/mol. The highest BCUT2D eigenvalue weighted by atomic mass is 19.4. The Morgan fingerprint density at radius 2 is 1.28 bits per heavy atom. The Morgan fingerprint density at radius 1 is 0.694 bits per heavy atom. The number of rotatable bonds is 10. The summed E-state index contributed by atoms with van der Waals surface area (Å²) < 4.78 is 75.5. The second-order valence-corrected chi connectivity index (χ2v) is 8.28. The van der Waals surface area contributed by atoms with Crippen LogP contribution in [-0.2, 0) is 0 Å². The highest BCUT2D eigenvalue weighted by molar-refractivity contribution is 5.66. The number of ether oxygens (including phenoxy) is 2. The van der Waals surface area contributed by atoms with Gasteiger partial charge in [-0.05, 0) is 66.1 Å². The van der Waals surface area contributed by atoms with Crippen molar-refractivity contribution in [2.45, 2.75) is 51.8 Å². The van der Waals surface area contributed by atoms with Crippen molar-refractivity contribution in [1.29, 1.82) is 0 Å². The molecule has 0 spiro atoms. The molecule has 3 rings (SSSR count). The standard InChI is InChI=1S/C29H27F5O2/c1-2-3-4-5-6-7-18-35-24-15-11-22(12-16-24)23-19-27(30)26(28(31)20-23)17-10-21-8-13-25(14-9-21)36-29(32,33)34/h8-9,11-16,19-20H,2-7,18H2,1H3. The van der Waals surface area contributed by atoms with Crippen molar-refractivity contribution in [3.63, 3.8) is 0 Å². The smallest absolute Gasteiger partial charge is 0.494 e. The number of alkyl halides is 3. The van der Waals surface area contributed by atoms with E-state index in [4.69, 9.17) is 4.74 Å². The minimum Gasteiger partial charge on any atom is -0.494 e. The average Bonchev–Trinajstić information content (AvgIpc) is 2.83. The zero-order valence-electron chi connectivity index (χ0n) is 19.9. The first-order valence-corrected chi connectivity index (χ1v) is 11.9. The second-order valence-electron chi connectivity index (χ2n) is 8.28. The van der Waals surface area contributed by atoms with Crippen LogP contribution in [0.4, 0.5) is 22.0 Å². The molecule has 0 aliphatic heterocycles. The lowest BCUT2D eigenvalue weighted by molar-refractivity contribution is -0.274. The number of hydrogen-bond acceptors (Lipinski definition) is 2. The van der Waals surface area contributed by atoms with Crippen LogP contribution >= 0.6 is 0 Å². The van der Waals surface area contributed by atoms with Crippen LogP contribution in [0.1, 0.15) is 56.6 Å². The Hall–Kier alpha value is -3.53. The molecule has 0 bridgehead atoms. The van der Waals surface area contributed by atoms with E-state index >= 15 is 0 Å². The maximum Gasteiger partial charge on any atom is 0.573 e. The van der Waals surface area contributed by atoms with E-state index in [-0.39, 0.29) is 5.56 Å². The molecule has 0 atom stereocenters. The summed E-state index contributed by atoms with van der Waals surface area (Å²) in [5.41, 5.74) is 0.836. The van der Waals surface area contributed by atoms with E-state index in [0.29, 0.717) is 23.5 Å². The number of unbranched alkanes of at least 4 members (excludes halogenated alkanes) is 5. The molecular formula is C29H27F5O2. The van der Waals surface area contributed by atoms with E-state index in [2.05, 4.69) is 23.5 Å². The molecule has 0 amide bonds. The fourth-order valence-corrected chi connectivity index (χ4v) is 3.55. The Labute approximate surface area is 208 Å². The van der Waals surface area contributed by atoms with E-state index in [1.165, 1.54) is 49.9 Å². The third-order valence-corrected chi connectivity index (χ3v) is 5.42. The highest BCUT2D eigenvalue weighted by Gasteiger charge is 2.30. The molecule has 0 aromatic heterocycles. The van der Waals surface area contributed by atoms with Gasteiger partial charge in [-0.1, -0.05) is 63.0 Å². The van der Waals surface area contributed by atoms with Crippen molar-refractivity contribution in [2.24, 2.45) is 0 Å². The number of halogens is 5. The van der Waals surface area contributed by atoms with Crippen molar-refractivity contribution in [2.75, 3.05) is 6.61 Å². The summed E-state index contributed by atoms with van der Waals surface area (Å²) >= 11 is 0. The van der Waals surface area contributed by atoms with Gasteiger partial charge in [0.05, 0.1) is 12.2 Å². The van der Waals surface area contributed by atoms with Gasteiger partial charge in [-0.15, -0.1) is 13.2 Å². The summed E-state index contributed by atoms with van der Waals surface area (Å²) in [6.45, 7) is 2.81. The van der Waals surface area contributed by atoms with Crippen molar-refractivity contribution in [3.05, 3.63) is 83.4 Å². The van der Waals surface area contributed by atoms with E-state index in [1.54, 1.807) is 24.3 Å². The van der Waals surface area contributed by atoms with Crippen LogP contribution in [0.15, 0.2) is 60.7 Å². The van der Waals surface area contributed by atoms with Crippen LogP contribution in [0, 0.1) is 23.5 Å². The Morgan fingerprint density at radius 3 is 1.89 bits per heavy atom. The first-order valence-electron chi connectivity index (χ1n) is 11.9. The van der Waals surface area contributed by atoms with Gasteiger partial charge in [0, 0.05) is 5.56 Å². The first kappa shape index (κ1) is 27.1. The summed E-state index contributed by atoms with van der Waals surface area (Å²) in [5.74, 6) is 3.59. The van der Waals surface area contributed by atoms with Gasteiger partial charge in [-0.2, -0.15) is 0 Å². The second kappa shape index (κ2) is 13.0. The van der Waals surface area contributed by atoms with Crippen molar-refractivity contribution in [1.82, 2.24) is 0 Å². The summed E-state index contributed by atoms with van der Waals surface area (Å²) in [4.78, 5) is 0. The van der Waals surface area contributed by atoms with Crippen LogP contribution in [0.3, 0.4) is 0 Å². The van der Waals surface area contributed by atoms with E-state index in [0.717, 1.165) is 25.0 Å². The van der Waals surface area contributed by atoms with Crippen LogP contribution in [0.5, 0.6) is 11.5 Å². The minimum atomic E-state index is -4.80. The van der Waals surface area contributed by atoms with Gasteiger partial charge in [0.15, 0.2) is 0 Å². The Kier molecular flexibility index (Phi) is 9.75. The molecule has 0 saturated carbocycles. The minimum absolute atomic E-state index is 0.281. The lowest BCUT2D eigenvalue weighted by Gasteiger charge is -2.09. The molecule has 0 heterocycles. The van der Waals surface area contributed by atoms with Gasteiger partial charge in [0.2, 0.25) is 0 Å². The zero-order chi connectivity index (χ0) is 26.0. The molecule has 0 aliphatic carbocycles. The van der Waals surface area contributed by atoms with Gasteiger partial charge in [-0.3, -0.25) is 0 Å². The Bertz CT molecular complexity index is 1150. The number of hydrogen-bond donors (Lipinski definition) is 0. The fourth-order valence-electron chi connectivity index (χ4n) is 3.55. The van der Waals surface area contributed by atoms with Crippen LogP contribution in [0.25, 0.3) is 11.1 Å². The molecule has 0 N–H and O–H groups in total. The molecule has 0 fully saturated rings. The van der Waals surface area contributed by atoms with Gasteiger partial charge < -0.3 is 9.47 Å². The molecule has 7 heteroatoms. The highest BCUT2D eigenvalue weighted by Crippen LogP contribution is 2.27. The maximum atomic E-state index is 14.6. The van der Waals surface area contributed by atoms with E-state index < -0.39 is 29.3 Å². The lowest BCUT2D eigenvalue weighted by Crippen LogP contribution is -2.16. The van der Waals surface area contributed by atoms with Crippen molar-refractivity contribution in [3.8, 4) is 34.5 Å². The largest absolute Gasteiger partial charge is 0.573 e. The van der Waals surface area contributed by atoms with Crippen LogP contribution in [0.2, 0.25) is 0 Å². The third kappa shape index (κ3) is 8.60. The summed E-state index contributed by atoms with van der Waals surface area (Å²) in [5, 5.41) is 0. The van der Waals surface area contributed by atoms with Gasteiger partial charge in [0.25, 0.3) is 0 Å². The van der Waals surface area contributed by atoms with Crippen molar-refractivity contribution < 1.29 is 31.4 Å². The summed E-state index contributed by atoms with van der Waals surface area (Å²) in [6, 6.07) is 14.1. The van der Waals surface area contributed by atoms with Crippen LogP contribution < -0.4 is 9.47 Å². The molecule has 36 heavy (non-hydrogen) atoms. The molecule has 3 aromatic carbocycles. The van der Waals surface area contributed by atoms with Crippen molar-refractivity contribution >= 4 is 0 Å². The van der Waals surface area contributed by atoms with Gasteiger partial charge in [0.1, 0.15) is 23.1 Å². The summed E-state index contributed by atoms with van der Waals surface area (Å²) in [7, 11) is 0. The lowest BCUT2D eigenvalue weighted by atomic mass is 10.0. The molecule has 0 unspecified atom stereocenters. The van der Waals surface area contributed by atoms with Gasteiger partial charge >= 0.3 is 6.36 Å². The Balaban J connectivity index is 1.61.